The maximum Gasteiger partial charge on any atom is 0.257 e. The molecule has 1 fully saturated rings. The number of nitrogens with zero attached hydrogens (tertiary/aromatic N) is 4. The van der Waals surface area contributed by atoms with Crippen molar-refractivity contribution >= 4 is 11.7 Å². The van der Waals surface area contributed by atoms with Gasteiger partial charge in [-0.15, -0.1) is 0 Å². The topological polar surface area (TPSA) is 73.4 Å². The van der Waals surface area contributed by atoms with Crippen LogP contribution in [-0.4, -0.2) is 35.4 Å². The Hall–Kier alpha value is -4.37. The molecule has 0 saturated carbocycles. The van der Waals surface area contributed by atoms with Crippen molar-refractivity contribution < 1.29 is 9.21 Å². The van der Waals surface area contributed by atoms with Crippen LogP contribution in [0.5, 0.6) is 0 Å². The molecule has 0 radical (unpaired) electrons. The van der Waals surface area contributed by atoms with Gasteiger partial charge >= 0.3 is 0 Å². The quantitative estimate of drug-likeness (QED) is 0.351. The Balaban J connectivity index is 1.58. The molecule has 6 nitrogen and oxygen atoms in total. The fourth-order valence-electron chi connectivity index (χ4n) is 4.86. The van der Waals surface area contributed by atoms with Gasteiger partial charge in [-0.05, 0) is 29.2 Å². The molecule has 1 atom stereocenters. The number of amides is 1. The lowest BCUT2D eigenvalue weighted by atomic mass is 9.95. The average molecular weight is 477 g/mol. The standard InChI is InChI=1S/C30H28N4O2/c1-21(2)28-26(22-9-5-3-6-10-22)17-25(18-31)29(32-28)34-15-14-33(30(35)24-13-16-36-20-24)19-27(34)23-11-7-4-8-12-23/h3-13,16-17,20-21,27H,14-15,19H2,1-2H3. The van der Waals surface area contributed by atoms with Gasteiger partial charge in [0.15, 0.2) is 0 Å². The van der Waals surface area contributed by atoms with E-state index in [2.05, 4.69) is 49.1 Å². The van der Waals surface area contributed by atoms with E-state index in [0.29, 0.717) is 36.6 Å². The molecule has 180 valence electrons. The van der Waals surface area contributed by atoms with Gasteiger partial charge in [-0.2, -0.15) is 5.26 Å². The molecular formula is C30H28N4O2. The summed E-state index contributed by atoms with van der Waals surface area (Å²) in [7, 11) is 0. The van der Waals surface area contributed by atoms with Crippen LogP contribution < -0.4 is 4.90 Å². The lowest BCUT2D eigenvalue weighted by Gasteiger charge is -2.43. The molecule has 5 rings (SSSR count). The van der Waals surface area contributed by atoms with E-state index in [4.69, 9.17) is 9.40 Å². The number of hydrogen-bond donors (Lipinski definition) is 0. The summed E-state index contributed by atoms with van der Waals surface area (Å²) >= 11 is 0. The molecule has 2 aromatic heterocycles. The van der Waals surface area contributed by atoms with E-state index in [9.17, 15) is 10.1 Å². The van der Waals surface area contributed by atoms with Crippen LogP contribution in [0.1, 0.15) is 53.0 Å². The van der Waals surface area contributed by atoms with Crippen LogP contribution in [0, 0.1) is 11.3 Å². The lowest BCUT2D eigenvalue weighted by Crippen LogP contribution is -2.51. The highest BCUT2D eigenvalue weighted by Crippen LogP contribution is 2.37. The molecule has 1 amide bonds. The van der Waals surface area contributed by atoms with Gasteiger partial charge in [0.25, 0.3) is 5.91 Å². The van der Waals surface area contributed by atoms with Crippen molar-refractivity contribution in [1.29, 1.82) is 5.26 Å². The zero-order chi connectivity index (χ0) is 25.1. The van der Waals surface area contributed by atoms with E-state index in [1.54, 1.807) is 6.07 Å². The minimum atomic E-state index is -0.141. The third-order valence-corrected chi connectivity index (χ3v) is 6.68. The smallest absolute Gasteiger partial charge is 0.257 e. The molecule has 36 heavy (non-hydrogen) atoms. The number of piperazine rings is 1. The Kier molecular flexibility index (Phi) is 6.55. The fourth-order valence-corrected chi connectivity index (χ4v) is 4.86. The number of nitriles is 1. The van der Waals surface area contributed by atoms with Crippen molar-refractivity contribution in [2.75, 3.05) is 24.5 Å². The monoisotopic (exact) mass is 476 g/mol. The molecule has 2 aromatic carbocycles. The number of carbonyl (C=O) groups excluding carboxylic acids is 1. The zero-order valence-electron chi connectivity index (χ0n) is 20.5. The van der Waals surface area contributed by atoms with Crippen LogP contribution in [-0.2, 0) is 0 Å². The maximum absolute atomic E-state index is 13.1. The summed E-state index contributed by atoms with van der Waals surface area (Å²) in [5, 5.41) is 10.2. The van der Waals surface area contributed by atoms with Crippen molar-refractivity contribution in [3.8, 4) is 17.2 Å². The molecule has 0 bridgehead atoms. The number of aromatic nitrogens is 1. The summed E-state index contributed by atoms with van der Waals surface area (Å²) in [5.74, 6) is 0.788. The highest BCUT2D eigenvalue weighted by Gasteiger charge is 2.34. The molecule has 3 heterocycles. The first kappa shape index (κ1) is 23.4. The number of hydrogen-bond acceptors (Lipinski definition) is 5. The largest absolute Gasteiger partial charge is 0.472 e. The van der Waals surface area contributed by atoms with E-state index in [1.807, 2.05) is 47.4 Å². The molecule has 0 N–H and O–H groups in total. The summed E-state index contributed by atoms with van der Waals surface area (Å²) < 4.78 is 5.14. The van der Waals surface area contributed by atoms with Gasteiger partial charge in [0.05, 0.1) is 29.1 Å². The van der Waals surface area contributed by atoms with E-state index in [0.717, 1.165) is 22.4 Å². The van der Waals surface area contributed by atoms with Crippen LogP contribution in [0.25, 0.3) is 11.1 Å². The molecule has 6 heteroatoms. The molecule has 1 aliphatic rings. The minimum Gasteiger partial charge on any atom is -0.472 e. The predicted molar refractivity (Wildman–Crippen MR) is 140 cm³/mol. The fraction of sp³-hybridized carbons (Fsp3) is 0.233. The second kappa shape index (κ2) is 10.1. The first-order valence-electron chi connectivity index (χ1n) is 12.2. The SMILES string of the molecule is CC(C)c1nc(N2CCN(C(=O)c3ccoc3)CC2c2ccccc2)c(C#N)cc1-c1ccccc1. The average Bonchev–Trinajstić information content (AvgIpc) is 3.48. The third kappa shape index (κ3) is 4.48. The van der Waals surface area contributed by atoms with Gasteiger partial charge in [-0.1, -0.05) is 74.5 Å². The lowest BCUT2D eigenvalue weighted by molar-refractivity contribution is 0.0720. The predicted octanol–water partition coefficient (Wildman–Crippen LogP) is 6.04. The number of benzene rings is 2. The Labute approximate surface area is 211 Å². The summed E-state index contributed by atoms with van der Waals surface area (Å²) in [6, 6.07) is 26.1. The normalized spacial score (nSPS) is 15.7. The van der Waals surface area contributed by atoms with Gasteiger partial charge in [0.1, 0.15) is 18.2 Å². The van der Waals surface area contributed by atoms with Gasteiger partial charge in [-0.25, -0.2) is 4.98 Å². The molecule has 4 aromatic rings. The number of rotatable bonds is 5. The molecule has 1 aliphatic heterocycles. The van der Waals surface area contributed by atoms with Crippen molar-refractivity contribution in [2.24, 2.45) is 0 Å². The van der Waals surface area contributed by atoms with Gasteiger partial charge in [0, 0.05) is 25.2 Å². The number of anilines is 1. The first-order chi connectivity index (χ1) is 17.6. The summed E-state index contributed by atoms with van der Waals surface area (Å²) in [4.78, 5) is 22.3. The Morgan fingerprint density at radius 1 is 1.06 bits per heavy atom. The molecule has 0 spiro atoms. The third-order valence-electron chi connectivity index (χ3n) is 6.68. The van der Waals surface area contributed by atoms with E-state index in [-0.39, 0.29) is 17.9 Å². The first-order valence-corrected chi connectivity index (χ1v) is 12.2. The van der Waals surface area contributed by atoms with E-state index in [1.165, 1.54) is 12.5 Å². The van der Waals surface area contributed by atoms with Crippen LogP contribution in [0.15, 0.2) is 89.7 Å². The van der Waals surface area contributed by atoms with Crippen molar-refractivity contribution in [1.82, 2.24) is 9.88 Å². The molecule has 1 unspecified atom stereocenters. The van der Waals surface area contributed by atoms with Crippen molar-refractivity contribution in [3.63, 3.8) is 0 Å². The Morgan fingerprint density at radius 2 is 1.78 bits per heavy atom. The van der Waals surface area contributed by atoms with Gasteiger partial charge in [-0.3, -0.25) is 4.79 Å². The van der Waals surface area contributed by atoms with E-state index < -0.39 is 0 Å². The van der Waals surface area contributed by atoms with Gasteiger partial charge < -0.3 is 14.2 Å². The molecular weight excluding hydrogens is 448 g/mol. The van der Waals surface area contributed by atoms with Crippen LogP contribution >= 0.6 is 0 Å². The summed E-state index contributed by atoms with van der Waals surface area (Å²) in [6.07, 6.45) is 3.00. The highest BCUT2D eigenvalue weighted by molar-refractivity contribution is 5.94. The van der Waals surface area contributed by atoms with Crippen LogP contribution in [0.4, 0.5) is 5.82 Å². The van der Waals surface area contributed by atoms with Crippen molar-refractivity contribution in [2.45, 2.75) is 25.8 Å². The Bertz CT molecular complexity index is 1380. The zero-order valence-corrected chi connectivity index (χ0v) is 20.5. The number of carbonyl (C=O) groups is 1. The second-order valence-corrected chi connectivity index (χ2v) is 9.31. The number of furan rings is 1. The van der Waals surface area contributed by atoms with Crippen molar-refractivity contribution in [3.05, 3.63) is 108 Å². The van der Waals surface area contributed by atoms with Gasteiger partial charge in [0.2, 0.25) is 0 Å². The number of pyridine rings is 1. The molecule has 1 saturated heterocycles. The Morgan fingerprint density at radius 3 is 2.42 bits per heavy atom. The summed E-state index contributed by atoms with van der Waals surface area (Å²) in [6.45, 7) is 5.82. The maximum atomic E-state index is 13.1. The summed E-state index contributed by atoms with van der Waals surface area (Å²) in [5.41, 5.74) is 5.14. The van der Waals surface area contributed by atoms with Crippen LogP contribution in [0.3, 0.4) is 0 Å². The molecule has 0 aliphatic carbocycles. The second-order valence-electron chi connectivity index (χ2n) is 9.31. The highest BCUT2D eigenvalue weighted by atomic mass is 16.3. The minimum absolute atomic E-state index is 0.0555. The van der Waals surface area contributed by atoms with Crippen LogP contribution in [0.2, 0.25) is 0 Å². The van der Waals surface area contributed by atoms with E-state index >= 15 is 0 Å².